The molecule has 0 bridgehead atoms. The number of nitrogens with zero attached hydrogens (tertiary/aromatic N) is 2. The van der Waals surface area contributed by atoms with Gasteiger partial charge in [0, 0.05) is 18.0 Å². The average molecular weight is 341 g/mol. The summed E-state index contributed by atoms with van der Waals surface area (Å²) in [6, 6.07) is 4.11. The lowest BCUT2D eigenvalue weighted by molar-refractivity contribution is -0.157. The summed E-state index contributed by atoms with van der Waals surface area (Å²) < 4.78 is 38.7. The first-order valence-electron chi connectivity index (χ1n) is 6.88. The number of halogens is 3. The van der Waals surface area contributed by atoms with Gasteiger partial charge in [-0.25, -0.2) is 9.48 Å². The second kappa shape index (κ2) is 6.73. The maximum Gasteiger partial charge on any atom is 0.391 e. The molecule has 1 amide bonds. The molecule has 0 fully saturated rings. The number of hydrogen-bond acceptors (Lipinski definition) is 3. The Morgan fingerprint density at radius 2 is 2.08 bits per heavy atom. The largest absolute Gasteiger partial charge is 0.480 e. The van der Waals surface area contributed by atoms with E-state index in [1.165, 1.54) is 12.1 Å². The summed E-state index contributed by atoms with van der Waals surface area (Å²) in [7, 11) is 0. The van der Waals surface area contributed by atoms with Gasteiger partial charge in [-0.05, 0) is 36.8 Å². The van der Waals surface area contributed by atoms with Crippen LogP contribution >= 0.6 is 0 Å². The highest BCUT2D eigenvalue weighted by atomic mass is 19.4. The number of aryl methyl sites for hydroxylation is 1. The number of rotatable bonds is 5. The van der Waals surface area contributed by atoms with E-state index in [2.05, 4.69) is 5.10 Å². The zero-order valence-corrected chi connectivity index (χ0v) is 12.5. The first kappa shape index (κ1) is 17.5. The molecule has 128 valence electrons. The summed E-state index contributed by atoms with van der Waals surface area (Å²) in [6.07, 6.45) is -3.06. The minimum Gasteiger partial charge on any atom is -0.480 e. The van der Waals surface area contributed by atoms with Crippen LogP contribution in [0.4, 0.5) is 13.2 Å². The number of aromatic nitrogens is 2. The Bertz CT molecular complexity index is 742. The monoisotopic (exact) mass is 341 g/mol. The average Bonchev–Trinajstić information content (AvgIpc) is 2.98. The van der Waals surface area contributed by atoms with Gasteiger partial charge in [0.25, 0.3) is 5.91 Å². The van der Waals surface area contributed by atoms with Crippen molar-refractivity contribution in [3.8, 4) is 5.69 Å². The highest BCUT2D eigenvalue weighted by molar-refractivity contribution is 5.97. The molecular formula is C15H14F3N3O3. The number of carboxylic acid groups (broad SMARTS) is 1. The quantitative estimate of drug-likeness (QED) is 0.874. The van der Waals surface area contributed by atoms with Crippen LogP contribution in [0, 0.1) is 6.92 Å². The Morgan fingerprint density at radius 3 is 2.58 bits per heavy atom. The van der Waals surface area contributed by atoms with E-state index in [1.807, 2.05) is 5.32 Å². The number of aliphatic carboxylic acids is 1. The molecule has 0 radical (unpaired) electrons. The smallest absolute Gasteiger partial charge is 0.391 e. The lowest BCUT2D eigenvalue weighted by Gasteiger charge is -2.16. The maximum absolute atomic E-state index is 12.4. The molecule has 1 unspecified atom stereocenters. The highest BCUT2D eigenvalue weighted by Crippen LogP contribution is 2.22. The van der Waals surface area contributed by atoms with Crippen LogP contribution in [0.5, 0.6) is 0 Å². The maximum atomic E-state index is 12.4. The molecule has 0 saturated heterocycles. The molecule has 24 heavy (non-hydrogen) atoms. The van der Waals surface area contributed by atoms with Gasteiger partial charge < -0.3 is 10.4 Å². The van der Waals surface area contributed by atoms with Crippen LogP contribution < -0.4 is 5.32 Å². The summed E-state index contributed by atoms with van der Waals surface area (Å²) in [5.74, 6) is -2.63. The van der Waals surface area contributed by atoms with Crippen molar-refractivity contribution in [1.82, 2.24) is 15.1 Å². The normalized spacial score (nSPS) is 12.7. The van der Waals surface area contributed by atoms with Crippen LogP contribution in [0.15, 0.2) is 36.7 Å². The van der Waals surface area contributed by atoms with Gasteiger partial charge in [0.1, 0.15) is 6.04 Å². The van der Waals surface area contributed by atoms with E-state index in [0.29, 0.717) is 11.3 Å². The molecule has 6 nitrogen and oxygen atoms in total. The fourth-order valence-corrected chi connectivity index (χ4v) is 2.14. The number of benzene rings is 1. The van der Waals surface area contributed by atoms with Gasteiger partial charge in [-0.2, -0.15) is 18.3 Å². The molecule has 2 aromatic rings. The fourth-order valence-electron chi connectivity index (χ4n) is 2.14. The molecule has 1 aromatic carbocycles. The van der Waals surface area contributed by atoms with Gasteiger partial charge in [-0.3, -0.25) is 4.79 Å². The molecule has 0 aliphatic heterocycles. The number of carboxylic acids is 1. The second-order valence-electron chi connectivity index (χ2n) is 5.14. The molecule has 0 aliphatic rings. The molecule has 1 atom stereocenters. The van der Waals surface area contributed by atoms with E-state index < -0.39 is 30.5 Å². The Kier molecular flexibility index (Phi) is 4.91. The Morgan fingerprint density at radius 1 is 1.38 bits per heavy atom. The van der Waals surface area contributed by atoms with E-state index in [0.717, 1.165) is 0 Å². The predicted molar refractivity (Wildman–Crippen MR) is 77.9 cm³/mol. The van der Waals surface area contributed by atoms with Crippen molar-refractivity contribution in [3.63, 3.8) is 0 Å². The summed E-state index contributed by atoms with van der Waals surface area (Å²) >= 11 is 0. The summed E-state index contributed by atoms with van der Waals surface area (Å²) in [5, 5.41) is 14.8. The van der Waals surface area contributed by atoms with E-state index >= 15 is 0 Å². The third-order valence-electron chi connectivity index (χ3n) is 3.25. The Hall–Kier alpha value is -2.84. The molecular weight excluding hydrogens is 327 g/mol. The van der Waals surface area contributed by atoms with Crippen LogP contribution in [0.25, 0.3) is 5.69 Å². The number of hydrogen-bond donors (Lipinski definition) is 2. The van der Waals surface area contributed by atoms with Crippen LogP contribution in [0.1, 0.15) is 22.3 Å². The van der Waals surface area contributed by atoms with Crippen molar-refractivity contribution in [1.29, 1.82) is 0 Å². The minimum atomic E-state index is -4.70. The fraction of sp³-hybridized carbons (Fsp3) is 0.267. The molecule has 2 N–H and O–H groups in total. The van der Waals surface area contributed by atoms with Gasteiger partial charge in [0.2, 0.25) is 0 Å². The van der Waals surface area contributed by atoms with Crippen molar-refractivity contribution in [2.75, 3.05) is 0 Å². The van der Waals surface area contributed by atoms with Crippen LogP contribution in [0.3, 0.4) is 0 Å². The lowest BCUT2D eigenvalue weighted by Crippen LogP contribution is -2.43. The number of amides is 1. The minimum absolute atomic E-state index is 0.0665. The predicted octanol–water partition coefficient (Wildman–Crippen LogP) is 2.32. The van der Waals surface area contributed by atoms with Gasteiger partial charge in [-0.15, -0.1) is 0 Å². The standard InChI is InChI=1S/C15H14F3N3O3/c1-9-7-10(3-4-12(9)21-6-2-5-19-21)13(22)20-11(14(23)24)8-15(16,17)18/h2-7,11H,8H2,1H3,(H,20,22)(H,23,24). The third kappa shape index (κ3) is 4.34. The molecule has 0 saturated carbocycles. The van der Waals surface area contributed by atoms with E-state index in [1.54, 1.807) is 36.1 Å². The lowest BCUT2D eigenvalue weighted by atomic mass is 10.1. The van der Waals surface area contributed by atoms with E-state index in [-0.39, 0.29) is 5.56 Å². The Balaban J connectivity index is 2.17. The van der Waals surface area contributed by atoms with Gasteiger partial charge in [0.15, 0.2) is 0 Å². The van der Waals surface area contributed by atoms with E-state index in [4.69, 9.17) is 5.11 Å². The molecule has 2 rings (SSSR count). The van der Waals surface area contributed by atoms with Crippen molar-refractivity contribution >= 4 is 11.9 Å². The summed E-state index contributed by atoms with van der Waals surface area (Å²) in [6.45, 7) is 1.71. The van der Waals surface area contributed by atoms with Crippen LogP contribution in [-0.2, 0) is 4.79 Å². The molecule has 0 aliphatic carbocycles. The molecule has 1 aromatic heterocycles. The number of carbonyl (C=O) groups is 2. The van der Waals surface area contributed by atoms with Crippen molar-refractivity contribution < 1.29 is 27.9 Å². The zero-order valence-electron chi connectivity index (χ0n) is 12.5. The number of nitrogens with one attached hydrogen (secondary N) is 1. The molecule has 0 spiro atoms. The summed E-state index contributed by atoms with van der Waals surface area (Å²) in [4.78, 5) is 22.9. The first-order valence-corrected chi connectivity index (χ1v) is 6.88. The van der Waals surface area contributed by atoms with E-state index in [9.17, 15) is 22.8 Å². The third-order valence-corrected chi connectivity index (χ3v) is 3.25. The SMILES string of the molecule is Cc1cc(C(=O)NC(CC(F)(F)F)C(=O)O)ccc1-n1cccn1. The zero-order chi connectivity index (χ0) is 17.9. The van der Waals surface area contributed by atoms with Crippen molar-refractivity contribution in [2.45, 2.75) is 25.6 Å². The number of carbonyl (C=O) groups excluding carboxylic acids is 1. The topological polar surface area (TPSA) is 84.2 Å². The highest BCUT2D eigenvalue weighted by Gasteiger charge is 2.36. The second-order valence-corrected chi connectivity index (χ2v) is 5.14. The van der Waals surface area contributed by atoms with Gasteiger partial charge >= 0.3 is 12.1 Å². The first-order chi connectivity index (χ1) is 11.2. The van der Waals surface area contributed by atoms with Crippen LogP contribution in [0.2, 0.25) is 0 Å². The van der Waals surface area contributed by atoms with Gasteiger partial charge in [-0.1, -0.05) is 0 Å². The van der Waals surface area contributed by atoms with Crippen molar-refractivity contribution in [2.24, 2.45) is 0 Å². The summed E-state index contributed by atoms with van der Waals surface area (Å²) in [5.41, 5.74) is 1.42. The van der Waals surface area contributed by atoms with Gasteiger partial charge in [0.05, 0.1) is 12.1 Å². The molecule has 1 heterocycles. The van der Waals surface area contributed by atoms with Crippen molar-refractivity contribution in [3.05, 3.63) is 47.8 Å². The Labute approximate surface area is 134 Å². The number of alkyl halides is 3. The molecule has 9 heteroatoms. The van der Waals surface area contributed by atoms with Crippen LogP contribution in [-0.4, -0.2) is 39.0 Å².